The molecule has 1 saturated heterocycles. The summed E-state index contributed by atoms with van der Waals surface area (Å²) in [5.41, 5.74) is 2.59. The van der Waals surface area contributed by atoms with E-state index < -0.39 is 0 Å². The van der Waals surface area contributed by atoms with Gasteiger partial charge in [0.25, 0.3) is 0 Å². The molecule has 24 heavy (non-hydrogen) atoms. The van der Waals surface area contributed by atoms with Crippen molar-refractivity contribution < 1.29 is 4.79 Å². The number of benzene rings is 1. The highest BCUT2D eigenvalue weighted by molar-refractivity contribution is 5.85. The molecule has 0 saturated carbocycles. The number of nitrogens with one attached hydrogen (secondary N) is 2. The molecule has 0 bridgehead atoms. The fourth-order valence-corrected chi connectivity index (χ4v) is 2.81. The van der Waals surface area contributed by atoms with Crippen molar-refractivity contribution in [2.75, 3.05) is 33.7 Å². The molecule has 2 unspecified atom stereocenters. The molecule has 2 N–H and O–H groups in total. The lowest BCUT2D eigenvalue weighted by molar-refractivity contribution is -0.126. The van der Waals surface area contributed by atoms with Gasteiger partial charge in [0.1, 0.15) is 0 Å². The Morgan fingerprint density at radius 1 is 1.25 bits per heavy atom. The van der Waals surface area contributed by atoms with Crippen molar-refractivity contribution in [3.8, 4) is 0 Å². The van der Waals surface area contributed by atoms with Gasteiger partial charge in [-0.2, -0.15) is 0 Å². The molecule has 2 rings (SSSR count). The average Bonchev–Trinajstić information content (AvgIpc) is 2.45. The molecule has 1 aromatic carbocycles. The topological polar surface area (TPSA) is 44.4 Å². The third-order valence-corrected chi connectivity index (χ3v) is 4.80. The number of amides is 1. The minimum Gasteiger partial charge on any atom is -0.354 e. The number of carbonyl (C=O) groups excluding carboxylic acids is 1. The van der Waals surface area contributed by atoms with E-state index in [1.165, 1.54) is 11.1 Å². The number of hydrogen-bond acceptors (Lipinski definition) is 3. The SMILES string of the molecule is CCc1ccc(C(CNC(=O)C(C)C2CNC2)N(C)C)cc1.Cl.Cl. The summed E-state index contributed by atoms with van der Waals surface area (Å²) in [7, 11) is 4.12. The van der Waals surface area contributed by atoms with Crippen molar-refractivity contribution in [1.82, 2.24) is 15.5 Å². The summed E-state index contributed by atoms with van der Waals surface area (Å²) in [6.45, 7) is 6.77. The van der Waals surface area contributed by atoms with Crippen LogP contribution in [0.15, 0.2) is 24.3 Å². The fourth-order valence-electron chi connectivity index (χ4n) is 2.81. The molecule has 1 aliphatic heterocycles. The lowest BCUT2D eigenvalue weighted by Gasteiger charge is -2.32. The number of rotatable bonds is 7. The minimum absolute atomic E-state index is 0. The standard InChI is InChI=1S/C18H29N3O.2ClH/c1-5-14-6-8-15(9-7-14)17(21(3)4)12-20-18(22)13(2)16-10-19-11-16;;/h6-9,13,16-17,19H,5,10-12H2,1-4H3,(H,20,22);2*1H. The van der Waals surface area contributed by atoms with Crippen LogP contribution in [0.5, 0.6) is 0 Å². The molecular weight excluding hydrogens is 345 g/mol. The van der Waals surface area contributed by atoms with Crippen LogP contribution in [0.1, 0.15) is 31.0 Å². The molecular formula is C18H31Cl2N3O. The van der Waals surface area contributed by atoms with Crippen molar-refractivity contribution >= 4 is 30.7 Å². The van der Waals surface area contributed by atoms with Crippen LogP contribution >= 0.6 is 24.8 Å². The van der Waals surface area contributed by atoms with E-state index in [0.717, 1.165) is 19.5 Å². The van der Waals surface area contributed by atoms with Crippen molar-refractivity contribution in [2.24, 2.45) is 11.8 Å². The Labute approximate surface area is 158 Å². The predicted octanol–water partition coefficient (Wildman–Crippen LogP) is 2.67. The van der Waals surface area contributed by atoms with E-state index in [1.807, 2.05) is 6.92 Å². The van der Waals surface area contributed by atoms with Crippen LogP contribution in [0.3, 0.4) is 0 Å². The zero-order valence-corrected chi connectivity index (χ0v) is 16.7. The fraction of sp³-hybridized carbons (Fsp3) is 0.611. The van der Waals surface area contributed by atoms with Crippen LogP contribution in [-0.4, -0.2) is 44.5 Å². The van der Waals surface area contributed by atoms with Gasteiger partial charge in [-0.3, -0.25) is 4.79 Å². The number of aryl methyl sites for hydroxylation is 1. The Morgan fingerprint density at radius 3 is 2.25 bits per heavy atom. The third-order valence-electron chi connectivity index (χ3n) is 4.80. The zero-order chi connectivity index (χ0) is 16.1. The molecule has 1 heterocycles. The first-order valence-electron chi connectivity index (χ1n) is 8.26. The van der Waals surface area contributed by atoms with Crippen LogP contribution in [0.2, 0.25) is 0 Å². The van der Waals surface area contributed by atoms with Crippen molar-refractivity contribution in [3.63, 3.8) is 0 Å². The molecule has 0 aliphatic carbocycles. The maximum Gasteiger partial charge on any atom is 0.223 e. The second-order valence-electron chi connectivity index (χ2n) is 6.53. The van der Waals surface area contributed by atoms with E-state index in [0.29, 0.717) is 12.5 Å². The largest absolute Gasteiger partial charge is 0.354 e. The smallest absolute Gasteiger partial charge is 0.223 e. The molecule has 0 aromatic heterocycles. The summed E-state index contributed by atoms with van der Waals surface area (Å²) >= 11 is 0. The number of hydrogen-bond donors (Lipinski definition) is 2. The van der Waals surface area contributed by atoms with Crippen LogP contribution in [0.25, 0.3) is 0 Å². The Kier molecular flexibility index (Phi) is 10.6. The van der Waals surface area contributed by atoms with Gasteiger partial charge in [0.15, 0.2) is 0 Å². The highest BCUT2D eigenvalue weighted by Crippen LogP contribution is 2.20. The van der Waals surface area contributed by atoms with E-state index in [4.69, 9.17) is 0 Å². The second kappa shape index (κ2) is 10.9. The molecule has 0 spiro atoms. The highest BCUT2D eigenvalue weighted by atomic mass is 35.5. The maximum absolute atomic E-state index is 12.3. The molecule has 1 aliphatic rings. The monoisotopic (exact) mass is 375 g/mol. The first-order chi connectivity index (χ1) is 10.5. The van der Waals surface area contributed by atoms with Gasteiger partial charge in [-0.25, -0.2) is 0 Å². The van der Waals surface area contributed by atoms with Gasteiger partial charge in [-0.1, -0.05) is 38.1 Å². The molecule has 138 valence electrons. The first-order valence-corrected chi connectivity index (χ1v) is 8.26. The van der Waals surface area contributed by atoms with E-state index >= 15 is 0 Å². The summed E-state index contributed by atoms with van der Waals surface area (Å²) < 4.78 is 0. The molecule has 1 aromatic rings. The van der Waals surface area contributed by atoms with Crippen LogP contribution in [0, 0.1) is 11.8 Å². The van der Waals surface area contributed by atoms with Gasteiger partial charge in [-0.15, -0.1) is 24.8 Å². The van der Waals surface area contributed by atoms with Gasteiger partial charge in [0, 0.05) is 12.5 Å². The lowest BCUT2D eigenvalue weighted by Crippen LogP contribution is -2.50. The Balaban J connectivity index is 0.00000264. The van der Waals surface area contributed by atoms with Gasteiger partial charge >= 0.3 is 0 Å². The number of likely N-dealkylation sites (N-methyl/N-ethyl adjacent to an activating group) is 1. The number of carbonyl (C=O) groups is 1. The second-order valence-corrected chi connectivity index (χ2v) is 6.53. The molecule has 0 radical (unpaired) electrons. The van der Waals surface area contributed by atoms with Crippen molar-refractivity contribution in [1.29, 1.82) is 0 Å². The number of nitrogens with zero attached hydrogens (tertiary/aromatic N) is 1. The van der Waals surface area contributed by atoms with E-state index in [-0.39, 0.29) is 42.7 Å². The summed E-state index contributed by atoms with van der Waals surface area (Å²) in [6, 6.07) is 8.91. The van der Waals surface area contributed by atoms with Crippen LogP contribution in [-0.2, 0) is 11.2 Å². The van der Waals surface area contributed by atoms with Gasteiger partial charge in [0.2, 0.25) is 5.91 Å². The summed E-state index contributed by atoms with van der Waals surface area (Å²) in [5, 5.41) is 6.36. The summed E-state index contributed by atoms with van der Waals surface area (Å²) in [4.78, 5) is 14.4. The summed E-state index contributed by atoms with van der Waals surface area (Å²) in [5.74, 6) is 0.747. The van der Waals surface area contributed by atoms with Crippen LogP contribution < -0.4 is 10.6 Å². The Hall–Kier alpha value is -0.810. The summed E-state index contributed by atoms with van der Waals surface area (Å²) in [6.07, 6.45) is 1.05. The lowest BCUT2D eigenvalue weighted by atomic mass is 9.88. The van der Waals surface area contributed by atoms with Crippen LogP contribution in [0.4, 0.5) is 0 Å². The van der Waals surface area contributed by atoms with Gasteiger partial charge in [0.05, 0.1) is 6.04 Å². The Bertz CT molecular complexity index is 490. The zero-order valence-electron chi connectivity index (χ0n) is 15.0. The molecule has 1 fully saturated rings. The van der Waals surface area contributed by atoms with E-state index in [9.17, 15) is 4.79 Å². The average molecular weight is 376 g/mol. The highest BCUT2D eigenvalue weighted by Gasteiger charge is 2.29. The predicted molar refractivity (Wildman–Crippen MR) is 105 cm³/mol. The van der Waals surface area contributed by atoms with E-state index in [2.05, 4.69) is 60.8 Å². The minimum atomic E-state index is 0. The van der Waals surface area contributed by atoms with Crippen molar-refractivity contribution in [2.45, 2.75) is 26.3 Å². The van der Waals surface area contributed by atoms with Gasteiger partial charge in [-0.05, 0) is 50.7 Å². The third kappa shape index (κ3) is 5.92. The molecule has 2 atom stereocenters. The van der Waals surface area contributed by atoms with E-state index in [1.54, 1.807) is 0 Å². The number of halogens is 2. The molecule has 4 nitrogen and oxygen atoms in total. The molecule has 1 amide bonds. The quantitative estimate of drug-likeness (QED) is 0.769. The van der Waals surface area contributed by atoms with Gasteiger partial charge < -0.3 is 15.5 Å². The molecule has 6 heteroatoms. The maximum atomic E-state index is 12.3. The first kappa shape index (κ1) is 23.2. The normalized spacial score (nSPS) is 16.4. The van der Waals surface area contributed by atoms with Crippen molar-refractivity contribution in [3.05, 3.63) is 35.4 Å². The Morgan fingerprint density at radius 2 is 1.83 bits per heavy atom.